The Morgan fingerprint density at radius 3 is 2.68 bits per heavy atom. The molecule has 0 aliphatic carbocycles. The van der Waals surface area contributed by atoms with Gasteiger partial charge in [0.1, 0.15) is 5.69 Å². The first-order valence-electron chi connectivity index (χ1n) is 8.66. The summed E-state index contributed by atoms with van der Waals surface area (Å²) in [5.74, 6) is -3.94. The van der Waals surface area contributed by atoms with Crippen molar-refractivity contribution < 1.29 is 22.5 Å². The predicted molar refractivity (Wildman–Crippen MR) is 96.1 cm³/mol. The number of fused-ring (bicyclic) bond motifs is 1. The molecule has 0 fully saturated rings. The Balaban J connectivity index is 1.58. The lowest BCUT2D eigenvalue weighted by Gasteiger charge is -2.33. The summed E-state index contributed by atoms with van der Waals surface area (Å²) in [5, 5.41) is 6.87. The van der Waals surface area contributed by atoms with E-state index < -0.39 is 17.5 Å². The first kappa shape index (κ1) is 18.7. The van der Waals surface area contributed by atoms with Crippen LogP contribution in [-0.4, -0.2) is 27.0 Å². The van der Waals surface area contributed by atoms with Crippen LogP contribution in [-0.2, 0) is 24.2 Å². The lowest BCUT2D eigenvalue weighted by atomic mass is 9.98. The smallest absolute Gasteiger partial charge is 0.227 e. The molecule has 28 heavy (non-hydrogen) atoms. The molecule has 0 bridgehead atoms. The second-order valence-electron chi connectivity index (χ2n) is 6.81. The maximum absolute atomic E-state index is 13.4. The molecule has 5 nitrogen and oxygen atoms in total. The quantitative estimate of drug-likeness (QED) is 0.615. The standard InChI is InChI=1S/C19H16F3N3O2S/c1-9-3-15-12(19(27-24-15)16-8-28-10(2)23-16)7-25(9)17(26)6-11-4-13(20)18(22)14(21)5-11/h4-5,8-9H,3,6-7H2,1-2H3/t9-/m0/s1. The minimum Gasteiger partial charge on any atom is -0.354 e. The molecule has 1 amide bonds. The van der Waals surface area contributed by atoms with Crippen molar-refractivity contribution in [2.24, 2.45) is 0 Å². The van der Waals surface area contributed by atoms with Crippen LogP contribution in [0.3, 0.4) is 0 Å². The van der Waals surface area contributed by atoms with Crippen LogP contribution in [0.1, 0.15) is 28.8 Å². The molecule has 0 radical (unpaired) electrons. The van der Waals surface area contributed by atoms with Gasteiger partial charge in [-0.2, -0.15) is 0 Å². The second kappa shape index (κ2) is 7.05. The first-order chi connectivity index (χ1) is 13.3. The van der Waals surface area contributed by atoms with Crippen molar-refractivity contribution in [3.05, 3.63) is 56.8 Å². The van der Waals surface area contributed by atoms with Crippen LogP contribution in [0.2, 0.25) is 0 Å². The molecule has 2 aromatic heterocycles. The van der Waals surface area contributed by atoms with E-state index in [2.05, 4.69) is 10.1 Å². The largest absolute Gasteiger partial charge is 0.354 e. The molecule has 1 aliphatic rings. The summed E-state index contributed by atoms with van der Waals surface area (Å²) in [7, 11) is 0. The summed E-state index contributed by atoms with van der Waals surface area (Å²) in [4.78, 5) is 18.8. The van der Waals surface area contributed by atoms with Gasteiger partial charge in [0, 0.05) is 23.4 Å². The number of halogens is 3. The van der Waals surface area contributed by atoms with Gasteiger partial charge < -0.3 is 9.42 Å². The highest BCUT2D eigenvalue weighted by molar-refractivity contribution is 7.09. The number of aromatic nitrogens is 2. The third-order valence-corrected chi connectivity index (χ3v) is 5.56. The van der Waals surface area contributed by atoms with E-state index in [1.807, 2.05) is 19.2 Å². The fraction of sp³-hybridized carbons (Fsp3) is 0.316. The lowest BCUT2D eigenvalue weighted by Crippen LogP contribution is -2.43. The van der Waals surface area contributed by atoms with Gasteiger partial charge in [0.2, 0.25) is 5.91 Å². The number of aryl methyl sites for hydroxylation is 1. The highest BCUT2D eigenvalue weighted by Crippen LogP contribution is 2.33. The molecule has 1 aromatic carbocycles. The molecule has 0 saturated carbocycles. The minimum absolute atomic E-state index is 0.0834. The first-order valence-corrected chi connectivity index (χ1v) is 9.54. The van der Waals surface area contributed by atoms with Gasteiger partial charge in [0.25, 0.3) is 0 Å². The summed E-state index contributed by atoms with van der Waals surface area (Å²) in [6.45, 7) is 4.01. The number of carbonyl (C=O) groups excluding carboxylic acids is 1. The number of benzene rings is 1. The molecule has 146 valence electrons. The molecule has 0 unspecified atom stereocenters. The molecule has 0 N–H and O–H groups in total. The normalized spacial score (nSPS) is 16.3. The summed E-state index contributed by atoms with van der Waals surface area (Å²) in [5.41, 5.74) is 2.31. The topological polar surface area (TPSA) is 59.2 Å². The summed E-state index contributed by atoms with van der Waals surface area (Å²) < 4.78 is 45.5. The van der Waals surface area contributed by atoms with Crippen molar-refractivity contribution in [2.45, 2.75) is 39.3 Å². The second-order valence-corrected chi connectivity index (χ2v) is 7.88. The van der Waals surface area contributed by atoms with Crippen LogP contribution in [0.15, 0.2) is 22.0 Å². The average Bonchev–Trinajstić information content (AvgIpc) is 3.24. The van der Waals surface area contributed by atoms with E-state index in [1.54, 1.807) is 4.90 Å². The van der Waals surface area contributed by atoms with Gasteiger partial charge >= 0.3 is 0 Å². The lowest BCUT2D eigenvalue weighted by molar-refractivity contribution is -0.133. The third-order valence-electron chi connectivity index (χ3n) is 4.79. The van der Waals surface area contributed by atoms with Crippen LogP contribution in [0.25, 0.3) is 11.5 Å². The monoisotopic (exact) mass is 407 g/mol. The number of hydrogen-bond donors (Lipinski definition) is 0. The van der Waals surface area contributed by atoms with Crippen LogP contribution in [0, 0.1) is 24.4 Å². The van der Waals surface area contributed by atoms with Gasteiger partial charge in [-0.05, 0) is 31.5 Å². The van der Waals surface area contributed by atoms with E-state index in [1.165, 1.54) is 11.3 Å². The van der Waals surface area contributed by atoms with Crippen molar-refractivity contribution >= 4 is 17.2 Å². The minimum atomic E-state index is -1.54. The fourth-order valence-corrected chi connectivity index (χ4v) is 3.96. The molecular weight excluding hydrogens is 391 g/mol. The zero-order chi connectivity index (χ0) is 20.0. The maximum Gasteiger partial charge on any atom is 0.227 e. The zero-order valence-electron chi connectivity index (χ0n) is 15.1. The Morgan fingerprint density at radius 1 is 1.32 bits per heavy atom. The van der Waals surface area contributed by atoms with Gasteiger partial charge in [-0.15, -0.1) is 11.3 Å². The number of hydrogen-bond acceptors (Lipinski definition) is 5. The number of amides is 1. The van der Waals surface area contributed by atoms with Crippen molar-refractivity contribution in [1.29, 1.82) is 0 Å². The Morgan fingerprint density at radius 2 is 2.04 bits per heavy atom. The highest BCUT2D eigenvalue weighted by atomic mass is 32.1. The molecule has 1 aliphatic heterocycles. The van der Waals surface area contributed by atoms with Gasteiger partial charge in [0.15, 0.2) is 23.2 Å². The maximum atomic E-state index is 13.4. The zero-order valence-corrected chi connectivity index (χ0v) is 15.9. The fourth-order valence-electron chi connectivity index (χ4n) is 3.37. The molecule has 0 saturated heterocycles. The Hall–Kier alpha value is -2.68. The third kappa shape index (κ3) is 3.30. The van der Waals surface area contributed by atoms with Gasteiger partial charge in [-0.1, -0.05) is 5.16 Å². The van der Waals surface area contributed by atoms with Crippen LogP contribution >= 0.6 is 11.3 Å². The van der Waals surface area contributed by atoms with Crippen LogP contribution < -0.4 is 0 Å². The Bertz CT molecular complexity index is 1040. The summed E-state index contributed by atoms with van der Waals surface area (Å²) in [6.07, 6.45) is 0.268. The average molecular weight is 407 g/mol. The molecule has 1 atom stereocenters. The summed E-state index contributed by atoms with van der Waals surface area (Å²) >= 11 is 1.49. The molecule has 3 aromatic rings. The van der Waals surface area contributed by atoms with Gasteiger partial charge in [-0.25, -0.2) is 18.2 Å². The summed E-state index contributed by atoms with van der Waals surface area (Å²) in [6, 6.07) is 1.53. The van der Waals surface area contributed by atoms with E-state index in [0.717, 1.165) is 28.4 Å². The van der Waals surface area contributed by atoms with Gasteiger partial charge in [0.05, 0.1) is 23.7 Å². The molecule has 0 spiro atoms. The number of thiazole rings is 1. The molecule has 9 heteroatoms. The number of carbonyl (C=O) groups is 1. The van der Waals surface area contributed by atoms with Crippen LogP contribution in [0.4, 0.5) is 13.2 Å². The van der Waals surface area contributed by atoms with Crippen molar-refractivity contribution in [1.82, 2.24) is 15.0 Å². The van der Waals surface area contributed by atoms with Crippen LogP contribution in [0.5, 0.6) is 0 Å². The van der Waals surface area contributed by atoms with Crippen molar-refractivity contribution in [2.75, 3.05) is 0 Å². The van der Waals surface area contributed by atoms with Crippen molar-refractivity contribution in [3.8, 4) is 11.5 Å². The number of nitrogens with zero attached hydrogens (tertiary/aromatic N) is 3. The van der Waals surface area contributed by atoms with E-state index in [0.29, 0.717) is 17.9 Å². The highest BCUT2D eigenvalue weighted by Gasteiger charge is 2.32. The van der Waals surface area contributed by atoms with Gasteiger partial charge in [-0.3, -0.25) is 4.79 Å². The Labute approximate surface area is 162 Å². The van der Waals surface area contributed by atoms with E-state index in [9.17, 15) is 18.0 Å². The molecule has 3 heterocycles. The molecule has 4 rings (SSSR count). The number of rotatable bonds is 3. The SMILES string of the molecule is Cc1nc(-c2onc3c2CN(C(=O)Cc2cc(F)c(F)c(F)c2)[C@@H](C)C3)cs1. The Kier molecular flexibility index (Phi) is 4.70. The van der Waals surface area contributed by atoms with E-state index in [-0.39, 0.29) is 30.5 Å². The predicted octanol–water partition coefficient (Wildman–Crippen LogP) is 4.04. The molecular formula is C19H16F3N3O2S. The van der Waals surface area contributed by atoms with Crippen molar-refractivity contribution in [3.63, 3.8) is 0 Å². The van der Waals surface area contributed by atoms with E-state index in [4.69, 9.17) is 4.52 Å². The van der Waals surface area contributed by atoms with E-state index >= 15 is 0 Å².